The van der Waals surface area contributed by atoms with Gasteiger partial charge in [0.05, 0.1) is 19.4 Å². The monoisotopic (exact) mass is 385 g/mol. The smallest absolute Gasteiger partial charge is 0.409 e. The van der Waals surface area contributed by atoms with Gasteiger partial charge in [-0.2, -0.15) is 0 Å². The average Bonchev–Trinajstić information content (AvgIpc) is 2.74. The molecule has 0 saturated carbocycles. The summed E-state index contributed by atoms with van der Waals surface area (Å²) in [7, 11) is 1.59. The fourth-order valence-corrected chi connectivity index (χ4v) is 2.90. The number of anilines is 2. The molecule has 3 rings (SSSR count). The van der Waals surface area contributed by atoms with Gasteiger partial charge < -0.3 is 24.6 Å². The number of carbonyl (C=O) groups is 2. The van der Waals surface area contributed by atoms with Crippen LogP contribution in [0.25, 0.3) is 0 Å². The molecule has 1 aromatic carbocycles. The third-order valence-corrected chi connectivity index (χ3v) is 4.35. The lowest BCUT2D eigenvalue weighted by molar-refractivity contribution is 0.0566. The van der Waals surface area contributed by atoms with E-state index < -0.39 is 0 Å². The fourth-order valence-electron chi connectivity index (χ4n) is 2.90. The molecule has 1 aliphatic heterocycles. The number of para-hydroxylation sites is 2. The van der Waals surface area contributed by atoms with Crippen LogP contribution in [0.4, 0.5) is 16.3 Å². The number of nitrogens with zero attached hydrogens (tertiary/aromatic N) is 4. The zero-order chi connectivity index (χ0) is 19.9. The van der Waals surface area contributed by atoms with Crippen LogP contribution in [-0.2, 0) is 4.74 Å². The molecule has 0 radical (unpaired) electrons. The molecule has 2 aromatic rings. The highest BCUT2D eigenvalue weighted by atomic mass is 16.6. The second-order valence-electron chi connectivity index (χ2n) is 6.09. The van der Waals surface area contributed by atoms with Crippen molar-refractivity contribution in [2.45, 2.75) is 6.92 Å². The molecular formula is C19H23N5O4. The predicted molar refractivity (Wildman–Crippen MR) is 103 cm³/mol. The van der Waals surface area contributed by atoms with Crippen LogP contribution in [0.1, 0.15) is 17.4 Å². The second kappa shape index (κ2) is 9.03. The highest BCUT2D eigenvalue weighted by Gasteiger charge is 2.26. The Morgan fingerprint density at radius 1 is 1.11 bits per heavy atom. The molecule has 1 fully saturated rings. The van der Waals surface area contributed by atoms with Gasteiger partial charge in [0.2, 0.25) is 0 Å². The van der Waals surface area contributed by atoms with E-state index in [2.05, 4.69) is 15.3 Å². The summed E-state index contributed by atoms with van der Waals surface area (Å²) in [6.45, 7) is 3.82. The number of nitrogens with one attached hydrogen (secondary N) is 1. The summed E-state index contributed by atoms with van der Waals surface area (Å²) in [6.07, 6.45) is 1.000. The molecule has 1 aliphatic rings. The first-order chi connectivity index (χ1) is 13.6. The Morgan fingerprint density at radius 3 is 2.54 bits per heavy atom. The van der Waals surface area contributed by atoms with Crippen LogP contribution < -0.4 is 10.1 Å². The third-order valence-electron chi connectivity index (χ3n) is 4.35. The zero-order valence-electron chi connectivity index (χ0n) is 15.9. The summed E-state index contributed by atoms with van der Waals surface area (Å²) in [5.74, 6) is 0.964. The molecule has 2 amide bonds. The fraction of sp³-hybridized carbons (Fsp3) is 0.368. The molecule has 0 bridgehead atoms. The normalized spacial score (nSPS) is 13.8. The third kappa shape index (κ3) is 4.48. The van der Waals surface area contributed by atoms with E-state index in [1.165, 1.54) is 6.33 Å². The molecule has 0 aliphatic carbocycles. The number of hydrogen-bond acceptors (Lipinski definition) is 7. The SMILES string of the molecule is CCOC(=O)N1CCN(C(=O)c2cc(Nc3ccccc3OC)ncn2)CC1. The standard InChI is InChI=1S/C19H23N5O4/c1-3-28-19(26)24-10-8-23(9-11-24)18(25)15-12-17(21-13-20-15)22-14-6-4-5-7-16(14)27-2/h4-7,12-13H,3,8-11H2,1-2H3,(H,20,21,22). The molecule has 1 aromatic heterocycles. The molecule has 9 nitrogen and oxygen atoms in total. The van der Waals surface area contributed by atoms with Crippen molar-refractivity contribution in [1.29, 1.82) is 0 Å². The topological polar surface area (TPSA) is 96.9 Å². The van der Waals surface area contributed by atoms with Gasteiger partial charge in [-0.15, -0.1) is 0 Å². The number of benzene rings is 1. The van der Waals surface area contributed by atoms with Gasteiger partial charge in [0.25, 0.3) is 5.91 Å². The van der Waals surface area contributed by atoms with Gasteiger partial charge in [0, 0.05) is 32.2 Å². The average molecular weight is 385 g/mol. The highest BCUT2D eigenvalue weighted by molar-refractivity contribution is 5.93. The lowest BCUT2D eigenvalue weighted by Gasteiger charge is -2.33. The first kappa shape index (κ1) is 19.4. The number of rotatable bonds is 5. The van der Waals surface area contributed by atoms with Crippen LogP contribution in [0, 0.1) is 0 Å². The van der Waals surface area contributed by atoms with Gasteiger partial charge in [0.15, 0.2) is 0 Å². The zero-order valence-corrected chi connectivity index (χ0v) is 15.9. The van der Waals surface area contributed by atoms with Crippen LogP contribution in [0.5, 0.6) is 5.75 Å². The second-order valence-corrected chi connectivity index (χ2v) is 6.09. The van der Waals surface area contributed by atoms with E-state index in [9.17, 15) is 9.59 Å². The van der Waals surface area contributed by atoms with Crippen molar-refractivity contribution in [1.82, 2.24) is 19.8 Å². The number of piperazine rings is 1. The molecule has 0 unspecified atom stereocenters. The van der Waals surface area contributed by atoms with E-state index >= 15 is 0 Å². The van der Waals surface area contributed by atoms with E-state index in [0.717, 1.165) is 5.69 Å². The number of ether oxygens (including phenoxy) is 2. The van der Waals surface area contributed by atoms with Crippen molar-refractivity contribution in [3.63, 3.8) is 0 Å². The molecule has 28 heavy (non-hydrogen) atoms. The number of amides is 2. The van der Waals surface area contributed by atoms with Crippen molar-refractivity contribution in [2.75, 3.05) is 45.2 Å². The van der Waals surface area contributed by atoms with Crippen molar-refractivity contribution < 1.29 is 19.1 Å². The largest absolute Gasteiger partial charge is 0.495 e. The summed E-state index contributed by atoms with van der Waals surface area (Å²) in [4.78, 5) is 36.1. The van der Waals surface area contributed by atoms with Crippen LogP contribution in [0.3, 0.4) is 0 Å². The van der Waals surface area contributed by atoms with Crippen molar-refractivity contribution >= 4 is 23.5 Å². The van der Waals surface area contributed by atoms with Crippen LogP contribution >= 0.6 is 0 Å². The van der Waals surface area contributed by atoms with E-state index in [4.69, 9.17) is 9.47 Å². The number of hydrogen-bond donors (Lipinski definition) is 1. The van der Waals surface area contributed by atoms with E-state index in [-0.39, 0.29) is 17.7 Å². The lowest BCUT2D eigenvalue weighted by atomic mass is 10.2. The van der Waals surface area contributed by atoms with Gasteiger partial charge in [0.1, 0.15) is 23.6 Å². The number of carbonyl (C=O) groups excluding carboxylic acids is 2. The number of aromatic nitrogens is 2. The molecule has 148 valence electrons. The Hall–Kier alpha value is -3.36. The maximum atomic E-state index is 12.8. The van der Waals surface area contributed by atoms with Crippen molar-refractivity contribution in [3.8, 4) is 5.75 Å². The molecule has 2 heterocycles. The van der Waals surface area contributed by atoms with E-state index in [0.29, 0.717) is 44.4 Å². The number of methoxy groups -OCH3 is 1. The Kier molecular flexibility index (Phi) is 6.25. The molecule has 1 N–H and O–H groups in total. The van der Waals surface area contributed by atoms with Crippen molar-refractivity contribution in [3.05, 3.63) is 42.4 Å². The summed E-state index contributed by atoms with van der Waals surface area (Å²) in [5.41, 5.74) is 1.03. The van der Waals surface area contributed by atoms with Gasteiger partial charge in [-0.25, -0.2) is 14.8 Å². The summed E-state index contributed by atoms with van der Waals surface area (Å²) >= 11 is 0. The minimum atomic E-state index is -0.347. The quantitative estimate of drug-likeness (QED) is 0.842. The summed E-state index contributed by atoms with van der Waals surface area (Å²) in [6, 6.07) is 9.04. The molecular weight excluding hydrogens is 362 g/mol. The lowest BCUT2D eigenvalue weighted by Crippen LogP contribution is -2.50. The van der Waals surface area contributed by atoms with Crippen LogP contribution in [-0.4, -0.2) is 71.7 Å². The van der Waals surface area contributed by atoms with E-state index in [1.807, 2.05) is 24.3 Å². The maximum absolute atomic E-state index is 12.8. The predicted octanol–water partition coefficient (Wildman–Crippen LogP) is 2.14. The first-order valence-electron chi connectivity index (χ1n) is 9.05. The first-order valence-corrected chi connectivity index (χ1v) is 9.05. The summed E-state index contributed by atoms with van der Waals surface area (Å²) in [5, 5.41) is 3.14. The molecule has 0 spiro atoms. The summed E-state index contributed by atoms with van der Waals surface area (Å²) < 4.78 is 10.3. The maximum Gasteiger partial charge on any atom is 0.409 e. The minimum absolute atomic E-state index is 0.200. The van der Waals surface area contributed by atoms with Gasteiger partial charge >= 0.3 is 6.09 Å². The highest BCUT2D eigenvalue weighted by Crippen LogP contribution is 2.26. The minimum Gasteiger partial charge on any atom is -0.495 e. The van der Waals surface area contributed by atoms with Gasteiger partial charge in [-0.1, -0.05) is 12.1 Å². The van der Waals surface area contributed by atoms with Gasteiger partial charge in [-0.3, -0.25) is 4.79 Å². The Morgan fingerprint density at radius 2 is 1.82 bits per heavy atom. The van der Waals surface area contributed by atoms with Crippen LogP contribution in [0.15, 0.2) is 36.7 Å². The van der Waals surface area contributed by atoms with E-state index in [1.54, 1.807) is 29.9 Å². The Balaban J connectivity index is 1.65. The molecule has 0 atom stereocenters. The van der Waals surface area contributed by atoms with Crippen LogP contribution in [0.2, 0.25) is 0 Å². The van der Waals surface area contributed by atoms with Crippen molar-refractivity contribution in [2.24, 2.45) is 0 Å². The van der Waals surface area contributed by atoms with Gasteiger partial charge in [-0.05, 0) is 19.1 Å². The molecule has 1 saturated heterocycles. The Bertz CT molecular complexity index is 837. The Labute approximate surface area is 163 Å². The molecule has 9 heteroatoms.